The van der Waals surface area contributed by atoms with Crippen LogP contribution in [0.1, 0.15) is 18.4 Å². The fourth-order valence-corrected chi connectivity index (χ4v) is 3.22. The van der Waals surface area contributed by atoms with Crippen LogP contribution in [0.25, 0.3) is 0 Å². The number of carbonyl (C=O) groups excluding carboxylic acids is 2. The Morgan fingerprint density at radius 2 is 1.82 bits per heavy atom. The van der Waals surface area contributed by atoms with E-state index in [-0.39, 0.29) is 24.9 Å². The van der Waals surface area contributed by atoms with E-state index in [0.717, 1.165) is 31.1 Å². The first-order valence-corrected chi connectivity index (χ1v) is 7.97. The van der Waals surface area contributed by atoms with Crippen LogP contribution in [0.5, 0.6) is 0 Å². The summed E-state index contributed by atoms with van der Waals surface area (Å²) in [5.74, 6) is 0.451. The second-order valence-corrected chi connectivity index (χ2v) is 6.27. The molecular weight excluding hydrogens is 278 g/mol. The Balaban J connectivity index is 1.70. The van der Waals surface area contributed by atoms with Crippen molar-refractivity contribution in [2.45, 2.75) is 19.3 Å². The molecule has 118 valence electrons. The lowest BCUT2D eigenvalue weighted by Gasteiger charge is -2.32. The van der Waals surface area contributed by atoms with Crippen molar-refractivity contribution in [2.75, 3.05) is 38.1 Å². The maximum Gasteiger partial charge on any atom is 0.248 e. The van der Waals surface area contributed by atoms with Gasteiger partial charge in [0.1, 0.15) is 0 Å². The number of piperidine rings is 1. The van der Waals surface area contributed by atoms with Gasteiger partial charge in [0, 0.05) is 12.7 Å². The molecule has 22 heavy (non-hydrogen) atoms. The Hall–Kier alpha value is -1.88. The number of anilines is 1. The SMILES string of the molecule is CN1C(=O)CN(c2cccc(CC3CCNCC3)c2)CC1=O. The summed E-state index contributed by atoms with van der Waals surface area (Å²) in [6, 6.07) is 8.29. The summed E-state index contributed by atoms with van der Waals surface area (Å²) in [6.07, 6.45) is 3.51. The molecule has 0 unspecified atom stereocenters. The molecule has 0 bridgehead atoms. The lowest BCUT2D eigenvalue weighted by Crippen LogP contribution is -2.52. The topological polar surface area (TPSA) is 52.7 Å². The van der Waals surface area contributed by atoms with E-state index < -0.39 is 0 Å². The van der Waals surface area contributed by atoms with Gasteiger partial charge in [0.2, 0.25) is 11.8 Å². The molecule has 1 aromatic rings. The second kappa shape index (κ2) is 6.48. The van der Waals surface area contributed by atoms with Crippen LogP contribution < -0.4 is 10.2 Å². The number of hydrogen-bond acceptors (Lipinski definition) is 4. The average molecular weight is 301 g/mol. The molecule has 3 rings (SSSR count). The highest BCUT2D eigenvalue weighted by molar-refractivity contribution is 6.02. The molecule has 1 aromatic carbocycles. The van der Waals surface area contributed by atoms with Gasteiger partial charge in [-0.05, 0) is 56.0 Å². The normalized spacial score (nSPS) is 20.6. The standard InChI is InChI=1S/C17H23N3O2/c1-19-16(21)11-20(12-17(19)22)15-4-2-3-14(10-15)9-13-5-7-18-8-6-13/h2-4,10,13,18H,5-9,11-12H2,1H3. The van der Waals surface area contributed by atoms with E-state index in [9.17, 15) is 9.59 Å². The highest BCUT2D eigenvalue weighted by atomic mass is 16.2. The lowest BCUT2D eigenvalue weighted by atomic mass is 9.91. The highest BCUT2D eigenvalue weighted by Gasteiger charge is 2.28. The fourth-order valence-electron chi connectivity index (χ4n) is 3.22. The van der Waals surface area contributed by atoms with Crippen LogP contribution in [0.2, 0.25) is 0 Å². The molecule has 2 aliphatic heterocycles. The van der Waals surface area contributed by atoms with Crippen LogP contribution in [0.3, 0.4) is 0 Å². The molecule has 0 aliphatic carbocycles. The Morgan fingerprint density at radius 1 is 1.14 bits per heavy atom. The monoisotopic (exact) mass is 301 g/mol. The minimum Gasteiger partial charge on any atom is -0.353 e. The van der Waals surface area contributed by atoms with Crippen LogP contribution in [0.4, 0.5) is 5.69 Å². The first-order chi connectivity index (χ1) is 10.6. The summed E-state index contributed by atoms with van der Waals surface area (Å²) in [6.45, 7) is 2.76. The van der Waals surface area contributed by atoms with Crippen molar-refractivity contribution < 1.29 is 9.59 Å². The van der Waals surface area contributed by atoms with Crippen molar-refractivity contribution in [1.82, 2.24) is 10.2 Å². The van der Waals surface area contributed by atoms with Gasteiger partial charge in [0.25, 0.3) is 0 Å². The van der Waals surface area contributed by atoms with Gasteiger partial charge in [-0.2, -0.15) is 0 Å². The van der Waals surface area contributed by atoms with E-state index in [1.165, 1.54) is 23.3 Å². The van der Waals surface area contributed by atoms with Crippen LogP contribution in [0, 0.1) is 5.92 Å². The molecular formula is C17H23N3O2. The first kappa shape index (κ1) is 15.0. The highest BCUT2D eigenvalue weighted by Crippen LogP contribution is 2.23. The summed E-state index contributed by atoms with van der Waals surface area (Å²) < 4.78 is 0. The Bertz CT molecular complexity index is 549. The number of hydrogen-bond donors (Lipinski definition) is 1. The van der Waals surface area contributed by atoms with Crippen LogP contribution in [0.15, 0.2) is 24.3 Å². The van der Waals surface area contributed by atoms with Crippen molar-refractivity contribution in [3.05, 3.63) is 29.8 Å². The number of benzene rings is 1. The zero-order valence-corrected chi connectivity index (χ0v) is 13.0. The van der Waals surface area contributed by atoms with Gasteiger partial charge in [-0.1, -0.05) is 12.1 Å². The van der Waals surface area contributed by atoms with Crippen molar-refractivity contribution in [3.63, 3.8) is 0 Å². The number of piperazine rings is 1. The summed E-state index contributed by atoms with van der Waals surface area (Å²) in [4.78, 5) is 26.8. The Labute approximate surface area is 131 Å². The number of carbonyl (C=O) groups is 2. The summed E-state index contributed by atoms with van der Waals surface area (Å²) >= 11 is 0. The van der Waals surface area contributed by atoms with Gasteiger partial charge < -0.3 is 10.2 Å². The van der Waals surface area contributed by atoms with E-state index in [2.05, 4.69) is 17.4 Å². The van der Waals surface area contributed by atoms with E-state index >= 15 is 0 Å². The quantitative estimate of drug-likeness (QED) is 0.848. The van der Waals surface area contributed by atoms with E-state index in [1.807, 2.05) is 17.0 Å². The molecule has 2 heterocycles. The summed E-state index contributed by atoms with van der Waals surface area (Å²) in [5, 5.41) is 3.39. The molecule has 2 fully saturated rings. The van der Waals surface area contributed by atoms with Gasteiger partial charge in [0.05, 0.1) is 13.1 Å². The van der Waals surface area contributed by atoms with E-state index in [1.54, 1.807) is 7.05 Å². The molecule has 2 saturated heterocycles. The van der Waals surface area contributed by atoms with Crippen LogP contribution in [-0.4, -0.2) is 49.9 Å². The molecule has 0 radical (unpaired) electrons. The van der Waals surface area contributed by atoms with Crippen molar-refractivity contribution >= 4 is 17.5 Å². The van der Waals surface area contributed by atoms with Crippen molar-refractivity contribution in [3.8, 4) is 0 Å². The Morgan fingerprint density at radius 3 is 2.50 bits per heavy atom. The molecule has 0 aromatic heterocycles. The maximum atomic E-state index is 11.8. The van der Waals surface area contributed by atoms with E-state index in [0.29, 0.717) is 0 Å². The smallest absolute Gasteiger partial charge is 0.248 e. The molecule has 0 atom stereocenters. The van der Waals surface area contributed by atoms with Gasteiger partial charge in [-0.3, -0.25) is 14.5 Å². The number of likely N-dealkylation sites (N-methyl/N-ethyl adjacent to an activating group) is 1. The Kier molecular flexibility index (Phi) is 4.43. The predicted octanol–water partition coefficient (Wildman–Crippen LogP) is 1.03. The third kappa shape index (κ3) is 3.30. The molecule has 1 N–H and O–H groups in total. The minimum atomic E-state index is -0.139. The third-order valence-electron chi connectivity index (χ3n) is 4.66. The molecule has 5 nitrogen and oxygen atoms in total. The number of rotatable bonds is 3. The molecule has 0 saturated carbocycles. The fraction of sp³-hybridized carbons (Fsp3) is 0.529. The zero-order valence-electron chi connectivity index (χ0n) is 13.0. The lowest BCUT2D eigenvalue weighted by molar-refractivity contribution is -0.143. The zero-order chi connectivity index (χ0) is 15.5. The van der Waals surface area contributed by atoms with Gasteiger partial charge >= 0.3 is 0 Å². The van der Waals surface area contributed by atoms with Crippen molar-refractivity contribution in [2.24, 2.45) is 5.92 Å². The minimum absolute atomic E-state index is 0.139. The summed E-state index contributed by atoms with van der Waals surface area (Å²) in [5.41, 5.74) is 2.27. The summed E-state index contributed by atoms with van der Waals surface area (Å²) in [7, 11) is 1.55. The molecule has 5 heteroatoms. The predicted molar refractivity (Wildman–Crippen MR) is 85.7 cm³/mol. The van der Waals surface area contributed by atoms with Gasteiger partial charge in [0.15, 0.2) is 0 Å². The molecule has 0 spiro atoms. The van der Waals surface area contributed by atoms with Crippen LogP contribution >= 0.6 is 0 Å². The van der Waals surface area contributed by atoms with Gasteiger partial charge in [-0.15, -0.1) is 0 Å². The largest absolute Gasteiger partial charge is 0.353 e. The number of imide groups is 1. The van der Waals surface area contributed by atoms with Crippen LogP contribution in [-0.2, 0) is 16.0 Å². The first-order valence-electron chi connectivity index (χ1n) is 7.97. The maximum absolute atomic E-state index is 11.8. The number of nitrogens with one attached hydrogen (secondary N) is 1. The second-order valence-electron chi connectivity index (χ2n) is 6.27. The number of nitrogens with zero attached hydrogens (tertiary/aromatic N) is 2. The van der Waals surface area contributed by atoms with Gasteiger partial charge in [-0.25, -0.2) is 0 Å². The van der Waals surface area contributed by atoms with E-state index in [4.69, 9.17) is 0 Å². The van der Waals surface area contributed by atoms with Crippen molar-refractivity contribution in [1.29, 1.82) is 0 Å². The molecule has 2 aliphatic rings. The number of amides is 2. The average Bonchev–Trinajstić information content (AvgIpc) is 2.53. The molecule has 2 amide bonds. The third-order valence-corrected chi connectivity index (χ3v) is 4.66.